The van der Waals surface area contributed by atoms with E-state index in [4.69, 9.17) is 9.84 Å². The third kappa shape index (κ3) is 1.70. The van der Waals surface area contributed by atoms with Gasteiger partial charge in [0, 0.05) is 16.6 Å². The summed E-state index contributed by atoms with van der Waals surface area (Å²) < 4.78 is 5.40. The largest absolute Gasteiger partial charge is 0.481 e. The Morgan fingerprint density at radius 1 is 1.47 bits per heavy atom. The van der Waals surface area contributed by atoms with Crippen molar-refractivity contribution in [3.63, 3.8) is 0 Å². The first-order chi connectivity index (χ1) is 8.25. The molecule has 0 radical (unpaired) electrons. The lowest BCUT2D eigenvalue weighted by molar-refractivity contribution is -0.136. The Morgan fingerprint density at radius 2 is 2.35 bits per heavy atom. The first-order valence-electron chi connectivity index (χ1n) is 5.66. The first-order valence-corrected chi connectivity index (χ1v) is 5.66. The van der Waals surface area contributed by atoms with Crippen LogP contribution in [0.2, 0.25) is 0 Å². The van der Waals surface area contributed by atoms with E-state index in [1.807, 2.05) is 18.2 Å². The molecule has 2 heterocycles. The summed E-state index contributed by atoms with van der Waals surface area (Å²) in [5.74, 6) is -0.792. The number of H-pyrrole nitrogens is 1. The molecule has 0 atom stereocenters. The molecule has 0 fully saturated rings. The predicted octanol–water partition coefficient (Wildman–Crippen LogP) is 1.87. The van der Waals surface area contributed by atoms with Gasteiger partial charge in [0.1, 0.15) is 0 Å². The van der Waals surface area contributed by atoms with Gasteiger partial charge in [0.15, 0.2) is 0 Å². The summed E-state index contributed by atoms with van der Waals surface area (Å²) in [6.45, 7) is 1.30. The third-order valence-electron chi connectivity index (χ3n) is 3.19. The monoisotopic (exact) mass is 231 g/mol. The Hall–Kier alpha value is -1.81. The normalized spacial score (nSPS) is 14.8. The van der Waals surface area contributed by atoms with Crippen molar-refractivity contribution < 1.29 is 14.6 Å². The predicted molar refractivity (Wildman–Crippen MR) is 63.0 cm³/mol. The van der Waals surface area contributed by atoms with Gasteiger partial charge in [0.05, 0.1) is 19.6 Å². The summed E-state index contributed by atoms with van der Waals surface area (Å²) in [4.78, 5) is 14.2. The minimum absolute atomic E-state index is 0.0719. The molecule has 0 saturated heterocycles. The molecule has 2 aromatic rings. The van der Waals surface area contributed by atoms with Gasteiger partial charge in [-0.15, -0.1) is 0 Å². The van der Waals surface area contributed by atoms with Gasteiger partial charge in [-0.2, -0.15) is 0 Å². The number of ether oxygens (including phenoxy) is 1. The number of nitrogens with one attached hydrogen (secondary N) is 1. The second-order valence-corrected chi connectivity index (χ2v) is 4.29. The molecule has 1 aliphatic rings. The van der Waals surface area contributed by atoms with Gasteiger partial charge in [0.25, 0.3) is 0 Å². The number of aliphatic carboxylic acids is 1. The van der Waals surface area contributed by atoms with E-state index in [2.05, 4.69) is 4.98 Å². The van der Waals surface area contributed by atoms with E-state index in [1.165, 1.54) is 5.56 Å². The quantitative estimate of drug-likeness (QED) is 0.829. The number of aromatic amines is 1. The Morgan fingerprint density at radius 3 is 3.18 bits per heavy atom. The highest BCUT2D eigenvalue weighted by atomic mass is 16.5. The molecular weight excluding hydrogens is 218 g/mol. The molecule has 0 unspecified atom stereocenters. The van der Waals surface area contributed by atoms with E-state index in [1.54, 1.807) is 0 Å². The molecular formula is C13H13NO3. The SMILES string of the molecule is O=C(O)Cc1cccc2[nH]c3c(c12)CCOC3. The summed E-state index contributed by atoms with van der Waals surface area (Å²) in [7, 11) is 0. The first kappa shape index (κ1) is 10.4. The van der Waals surface area contributed by atoms with Gasteiger partial charge in [-0.05, 0) is 23.6 Å². The van der Waals surface area contributed by atoms with Crippen LogP contribution in [0.3, 0.4) is 0 Å². The van der Waals surface area contributed by atoms with E-state index in [-0.39, 0.29) is 6.42 Å². The van der Waals surface area contributed by atoms with Gasteiger partial charge >= 0.3 is 5.97 Å². The minimum atomic E-state index is -0.792. The van der Waals surface area contributed by atoms with E-state index >= 15 is 0 Å². The highest BCUT2D eigenvalue weighted by Crippen LogP contribution is 2.29. The number of hydrogen-bond acceptors (Lipinski definition) is 2. The number of fused-ring (bicyclic) bond motifs is 3. The van der Waals surface area contributed by atoms with Gasteiger partial charge in [-0.25, -0.2) is 0 Å². The maximum Gasteiger partial charge on any atom is 0.307 e. The van der Waals surface area contributed by atoms with Crippen molar-refractivity contribution in [1.29, 1.82) is 0 Å². The number of aromatic nitrogens is 1. The summed E-state index contributed by atoms with van der Waals surface area (Å²) in [5, 5.41) is 10.0. The highest BCUT2D eigenvalue weighted by Gasteiger charge is 2.18. The Labute approximate surface area is 98.2 Å². The van der Waals surface area contributed by atoms with Crippen LogP contribution in [-0.4, -0.2) is 22.7 Å². The maximum atomic E-state index is 10.9. The topological polar surface area (TPSA) is 62.3 Å². The van der Waals surface area contributed by atoms with Crippen LogP contribution in [0.5, 0.6) is 0 Å². The average molecular weight is 231 g/mol. The van der Waals surface area contributed by atoms with E-state index < -0.39 is 5.97 Å². The minimum Gasteiger partial charge on any atom is -0.481 e. The number of hydrogen-bond donors (Lipinski definition) is 2. The molecule has 17 heavy (non-hydrogen) atoms. The molecule has 2 N–H and O–H groups in total. The highest BCUT2D eigenvalue weighted by molar-refractivity contribution is 5.90. The number of carboxylic acid groups (broad SMARTS) is 1. The maximum absolute atomic E-state index is 10.9. The Balaban J connectivity index is 2.22. The van der Waals surface area contributed by atoms with Gasteiger partial charge in [-0.1, -0.05) is 12.1 Å². The second-order valence-electron chi connectivity index (χ2n) is 4.29. The smallest absolute Gasteiger partial charge is 0.307 e. The fourth-order valence-electron chi connectivity index (χ4n) is 2.51. The van der Waals surface area contributed by atoms with Gasteiger partial charge in [0.2, 0.25) is 0 Å². The number of rotatable bonds is 2. The zero-order valence-electron chi connectivity index (χ0n) is 9.32. The molecule has 0 bridgehead atoms. The molecule has 88 valence electrons. The standard InChI is InChI=1S/C13H13NO3/c15-12(16)6-8-2-1-3-10-13(8)9-4-5-17-7-11(9)14-10/h1-3,14H,4-7H2,(H,15,16). The van der Waals surface area contributed by atoms with Crippen molar-refractivity contribution in [2.45, 2.75) is 19.4 Å². The molecule has 4 heteroatoms. The van der Waals surface area contributed by atoms with E-state index in [0.717, 1.165) is 28.6 Å². The fourth-order valence-corrected chi connectivity index (χ4v) is 2.51. The van der Waals surface area contributed by atoms with Crippen LogP contribution >= 0.6 is 0 Å². The third-order valence-corrected chi connectivity index (χ3v) is 3.19. The zero-order chi connectivity index (χ0) is 11.8. The van der Waals surface area contributed by atoms with Crippen molar-refractivity contribution in [2.24, 2.45) is 0 Å². The molecule has 0 spiro atoms. The molecule has 0 aliphatic carbocycles. The van der Waals surface area contributed by atoms with Crippen molar-refractivity contribution in [3.8, 4) is 0 Å². The summed E-state index contributed by atoms with van der Waals surface area (Å²) in [5.41, 5.74) is 4.21. The number of benzene rings is 1. The number of carboxylic acids is 1. The molecule has 4 nitrogen and oxygen atoms in total. The van der Waals surface area contributed by atoms with Crippen molar-refractivity contribution in [2.75, 3.05) is 6.61 Å². The van der Waals surface area contributed by atoms with Crippen molar-refractivity contribution >= 4 is 16.9 Å². The molecule has 0 amide bonds. The summed E-state index contributed by atoms with van der Waals surface area (Å²) in [6, 6.07) is 5.77. The second kappa shape index (κ2) is 3.89. The number of carbonyl (C=O) groups is 1. The summed E-state index contributed by atoms with van der Waals surface area (Å²) in [6.07, 6.45) is 0.925. The fraction of sp³-hybridized carbons (Fsp3) is 0.308. The van der Waals surface area contributed by atoms with Gasteiger partial charge < -0.3 is 14.8 Å². The molecule has 3 rings (SSSR count). The van der Waals surface area contributed by atoms with Crippen molar-refractivity contribution in [1.82, 2.24) is 4.98 Å². The zero-order valence-corrected chi connectivity index (χ0v) is 9.32. The Bertz CT molecular complexity index is 586. The van der Waals surface area contributed by atoms with E-state index in [9.17, 15) is 4.79 Å². The molecule has 1 aliphatic heterocycles. The van der Waals surface area contributed by atoms with E-state index in [0.29, 0.717) is 13.2 Å². The van der Waals surface area contributed by atoms with Crippen LogP contribution < -0.4 is 0 Å². The van der Waals surface area contributed by atoms with Crippen LogP contribution in [0.4, 0.5) is 0 Å². The van der Waals surface area contributed by atoms with Crippen LogP contribution in [0, 0.1) is 0 Å². The lowest BCUT2D eigenvalue weighted by atomic mass is 10.00. The van der Waals surface area contributed by atoms with Gasteiger partial charge in [-0.3, -0.25) is 4.79 Å². The lowest BCUT2D eigenvalue weighted by Gasteiger charge is -2.12. The van der Waals surface area contributed by atoms with Crippen LogP contribution in [0.1, 0.15) is 16.8 Å². The summed E-state index contributed by atoms with van der Waals surface area (Å²) >= 11 is 0. The molecule has 1 aromatic carbocycles. The van der Waals surface area contributed by atoms with Crippen molar-refractivity contribution in [3.05, 3.63) is 35.0 Å². The molecule has 1 aromatic heterocycles. The van der Waals surface area contributed by atoms with Crippen LogP contribution in [0.15, 0.2) is 18.2 Å². The lowest BCUT2D eigenvalue weighted by Crippen LogP contribution is -2.09. The van der Waals surface area contributed by atoms with Crippen LogP contribution in [-0.2, 0) is 29.0 Å². The van der Waals surface area contributed by atoms with Crippen LogP contribution in [0.25, 0.3) is 10.9 Å². The average Bonchev–Trinajstić information content (AvgIpc) is 2.67. The molecule has 0 saturated carbocycles. The Kier molecular flexibility index (Phi) is 2.37.